The molecule has 1 aliphatic heterocycles. The fourth-order valence-corrected chi connectivity index (χ4v) is 5.24. The molecule has 1 fully saturated rings. The maximum absolute atomic E-state index is 13.2. The van der Waals surface area contributed by atoms with Gasteiger partial charge in [0.25, 0.3) is 5.91 Å². The van der Waals surface area contributed by atoms with E-state index in [9.17, 15) is 22.8 Å². The molecular weight excluding hydrogens is 465 g/mol. The number of amides is 2. The molecule has 10 heteroatoms. The standard InChI is InChI=1S/C24H27F3N4O2S/c1-14(2)13-28-21(32)16-7-9-30(10-8-16)22(33)20-12-19-15(3)29-31(23(19)34-20)18-6-4-5-17(11-18)24(25,26)27/h4-6,11-12,14,16H,7-10,13H2,1-3H3,(H,28,32). The lowest BCUT2D eigenvalue weighted by atomic mass is 9.95. The van der Waals surface area contributed by atoms with Crippen LogP contribution < -0.4 is 5.32 Å². The van der Waals surface area contributed by atoms with Gasteiger partial charge in [-0.05, 0) is 49.9 Å². The summed E-state index contributed by atoms with van der Waals surface area (Å²) < 4.78 is 41.0. The van der Waals surface area contributed by atoms with Gasteiger partial charge in [-0.1, -0.05) is 19.9 Å². The molecule has 4 rings (SSSR count). The molecule has 182 valence electrons. The molecule has 0 spiro atoms. The summed E-state index contributed by atoms with van der Waals surface area (Å²) in [4.78, 5) is 28.4. The molecule has 0 radical (unpaired) electrons. The van der Waals surface area contributed by atoms with E-state index >= 15 is 0 Å². The Bertz CT molecular complexity index is 1210. The van der Waals surface area contributed by atoms with Crippen molar-refractivity contribution in [1.82, 2.24) is 20.0 Å². The second kappa shape index (κ2) is 9.40. The van der Waals surface area contributed by atoms with E-state index in [1.54, 1.807) is 24.0 Å². The van der Waals surface area contributed by atoms with E-state index in [0.29, 0.717) is 59.5 Å². The van der Waals surface area contributed by atoms with Crippen molar-refractivity contribution in [2.24, 2.45) is 11.8 Å². The predicted octanol–water partition coefficient (Wildman–Crippen LogP) is 5.04. The topological polar surface area (TPSA) is 67.2 Å². The van der Waals surface area contributed by atoms with E-state index in [1.807, 2.05) is 13.8 Å². The Morgan fingerprint density at radius 2 is 1.91 bits per heavy atom. The van der Waals surface area contributed by atoms with E-state index in [0.717, 1.165) is 17.5 Å². The molecule has 1 aromatic carbocycles. The molecule has 0 aliphatic carbocycles. The minimum Gasteiger partial charge on any atom is -0.356 e. The Balaban J connectivity index is 1.51. The van der Waals surface area contributed by atoms with Gasteiger partial charge in [0, 0.05) is 30.9 Å². The van der Waals surface area contributed by atoms with Crippen LogP contribution in [0, 0.1) is 18.8 Å². The number of aromatic nitrogens is 2. The Hall–Kier alpha value is -2.88. The SMILES string of the molecule is Cc1nn(-c2cccc(C(F)(F)F)c2)c2sc(C(=O)N3CCC(C(=O)NCC(C)C)CC3)cc12. The third-order valence-corrected chi connectivity index (χ3v) is 7.11. The van der Waals surface area contributed by atoms with Gasteiger partial charge in [0.1, 0.15) is 4.83 Å². The number of nitrogens with zero attached hydrogens (tertiary/aromatic N) is 3. The highest BCUT2D eigenvalue weighted by molar-refractivity contribution is 7.20. The quantitative estimate of drug-likeness (QED) is 0.543. The molecule has 0 bridgehead atoms. The van der Waals surface area contributed by atoms with Crippen LogP contribution in [-0.2, 0) is 11.0 Å². The van der Waals surface area contributed by atoms with Gasteiger partial charge in [0.2, 0.25) is 5.91 Å². The summed E-state index contributed by atoms with van der Waals surface area (Å²) in [6.07, 6.45) is -3.24. The molecule has 0 atom stereocenters. The molecule has 0 saturated carbocycles. The number of piperidine rings is 1. The van der Waals surface area contributed by atoms with Crippen LogP contribution in [0.2, 0.25) is 0 Å². The molecule has 1 N–H and O–H groups in total. The zero-order valence-electron chi connectivity index (χ0n) is 19.3. The predicted molar refractivity (Wildman–Crippen MR) is 125 cm³/mol. The maximum atomic E-state index is 13.2. The highest BCUT2D eigenvalue weighted by Gasteiger charge is 2.31. The second-order valence-electron chi connectivity index (χ2n) is 9.08. The van der Waals surface area contributed by atoms with Crippen LogP contribution in [0.5, 0.6) is 0 Å². The molecule has 0 unspecified atom stereocenters. The van der Waals surface area contributed by atoms with Crippen molar-refractivity contribution in [3.63, 3.8) is 0 Å². The van der Waals surface area contributed by atoms with Gasteiger partial charge < -0.3 is 10.2 Å². The lowest BCUT2D eigenvalue weighted by Crippen LogP contribution is -2.43. The number of fused-ring (bicyclic) bond motifs is 1. The maximum Gasteiger partial charge on any atom is 0.416 e. The molecule has 34 heavy (non-hydrogen) atoms. The zero-order chi connectivity index (χ0) is 24.6. The van der Waals surface area contributed by atoms with E-state index in [4.69, 9.17) is 0 Å². The van der Waals surface area contributed by atoms with Gasteiger partial charge in [-0.25, -0.2) is 4.68 Å². The summed E-state index contributed by atoms with van der Waals surface area (Å²) in [5, 5.41) is 8.11. The fraction of sp³-hybridized carbons (Fsp3) is 0.458. The van der Waals surface area contributed by atoms with Crippen LogP contribution in [-0.4, -0.2) is 46.1 Å². The number of nitrogens with one attached hydrogen (secondary N) is 1. The van der Waals surface area contributed by atoms with Crippen molar-refractivity contribution in [3.8, 4) is 5.69 Å². The largest absolute Gasteiger partial charge is 0.416 e. The Kier molecular flexibility index (Phi) is 6.71. The average Bonchev–Trinajstić information content (AvgIpc) is 3.37. The first-order valence-corrected chi connectivity index (χ1v) is 12.1. The third kappa shape index (κ3) is 4.96. The molecule has 1 saturated heterocycles. The number of halogens is 3. The Morgan fingerprint density at radius 1 is 1.21 bits per heavy atom. The molecule has 2 amide bonds. The number of aryl methyl sites for hydroxylation is 1. The number of benzene rings is 1. The van der Waals surface area contributed by atoms with Crippen molar-refractivity contribution in [3.05, 3.63) is 46.5 Å². The van der Waals surface area contributed by atoms with Crippen LogP contribution in [0.4, 0.5) is 13.2 Å². The minimum absolute atomic E-state index is 0.0412. The number of likely N-dealkylation sites (tertiary alicyclic amines) is 1. The summed E-state index contributed by atoms with van der Waals surface area (Å²) >= 11 is 1.22. The van der Waals surface area contributed by atoms with E-state index in [1.165, 1.54) is 22.1 Å². The van der Waals surface area contributed by atoms with Gasteiger partial charge in [-0.3, -0.25) is 9.59 Å². The first kappa shape index (κ1) is 24.3. The monoisotopic (exact) mass is 492 g/mol. The third-order valence-electron chi connectivity index (χ3n) is 6.01. The lowest BCUT2D eigenvalue weighted by Gasteiger charge is -2.31. The Morgan fingerprint density at radius 3 is 2.56 bits per heavy atom. The highest BCUT2D eigenvalue weighted by Crippen LogP contribution is 2.34. The number of hydrogen-bond acceptors (Lipinski definition) is 4. The van der Waals surface area contributed by atoms with Crippen LogP contribution in [0.1, 0.15) is 47.6 Å². The first-order valence-electron chi connectivity index (χ1n) is 11.3. The molecule has 1 aliphatic rings. The minimum atomic E-state index is -4.45. The van der Waals surface area contributed by atoms with Crippen LogP contribution in [0.3, 0.4) is 0 Å². The number of rotatable bonds is 5. The van der Waals surface area contributed by atoms with Gasteiger partial charge in [-0.2, -0.15) is 18.3 Å². The van der Waals surface area contributed by atoms with E-state index in [2.05, 4.69) is 10.4 Å². The van der Waals surface area contributed by atoms with Gasteiger partial charge in [-0.15, -0.1) is 11.3 Å². The van der Waals surface area contributed by atoms with Crippen molar-refractivity contribution in [2.45, 2.75) is 39.8 Å². The summed E-state index contributed by atoms with van der Waals surface area (Å²) in [5.74, 6) is 0.201. The van der Waals surface area contributed by atoms with Crippen molar-refractivity contribution in [1.29, 1.82) is 0 Å². The summed E-state index contributed by atoms with van der Waals surface area (Å²) in [6, 6.07) is 6.76. The first-order chi connectivity index (χ1) is 16.0. The number of alkyl halides is 3. The average molecular weight is 493 g/mol. The molecular formula is C24H27F3N4O2S. The molecule has 3 heterocycles. The van der Waals surface area contributed by atoms with Gasteiger partial charge in [0.05, 0.1) is 21.8 Å². The second-order valence-corrected chi connectivity index (χ2v) is 10.1. The van der Waals surface area contributed by atoms with Crippen molar-refractivity contribution >= 4 is 33.4 Å². The van der Waals surface area contributed by atoms with E-state index in [-0.39, 0.29) is 17.7 Å². The number of carbonyl (C=O) groups excluding carboxylic acids is 2. The summed E-state index contributed by atoms with van der Waals surface area (Å²) in [7, 11) is 0. The zero-order valence-corrected chi connectivity index (χ0v) is 20.1. The Labute approximate surface area is 199 Å². The lowest BCUT2D eigenvalue weighted by molar-refractivity contribution is -0.137. The van der Waals surface area contributed by atoms with E-state index < -0.39 is 11.7 Å². The molecule has 3 aromatic rings. The number of thiophene rings is 1. The fourth-order valence-electron chi connectivity index (χ4n) is 4.09. The van der Waals surface area contributed by atoms with Crippen molar-refractivity contribution < 1.29 is 22.8 Å². The summed E-state index contributed by atoms with van der Waals surface area (Å²) in [5.41, 5.74) is 0.185. The van der Waals surface area contributed by atoms with Crippen LogP contribution in [0.15, 0.2) is 30.3 Å². The smallest absolute Gasteiger partial charge is 0.356 e. The molecule has 6 nitrogen and oxygen atoms in total. The van der Waals surface area contributed by atoms with Gasteiger partial charge in [0.15, 0.2) is 0 Å². The normalized spacial score (nSPS) is 15.3. The number of carbonyl (C=O) groups is 2. The van der Waals surface area contributed by atoms with Crippen LogP contribution in [0.25, 0.3) is 15.9 Å². The number of hydrogen-bond donors (Lipinski definition) is 1. The summed E-state index contributed by atoms with van der Waals surface area (Å²) in [6.45, 7) is 7.48. The van der Waals surface area contributed by atoms with Crippen LogP contribution >= 0.6 is 11.3 Å². The van der Waals surface area contributed by atoms with Crippen molar-refractivity contribution in [2.75, 3.05) is 19.6 Å². The van der Waals surface area contributed by atoms with Gasteiger partial charge >= 0.3 is 6.18 Å². The molecule has 2 aromatic heterocycles. The highest BCUT2D eigenvalue weighted by atomic mass is 32.1.